The van der Waals surface area contributed by atoms with Crippen LogP contribution in [-0.4, -0.2) is 39.6 Å². The molecule has 0 saturated carbocycles. The first-order chi connectivity index (χ1) is 16.5. The number of hydrogen-bond donors (Lipinski definition) is 0. The van der Waals surface area contributed by atoms with E-state index in [2.05, 4.69) is 29.2 Å². The number of allylic oxidation sites excluding steroid dienone is 1. The predicted octanol–water partition coefficient (Wildman–Crippen LogP) is 5.37. The summed E-state index contributed by atoms with van der Waals surface area (Å²) in [7, 11) is 0. The molecule has 1 aliphatic heterocycles. The molecule has 2 aromatic heterocycles. The summed E-state index contributed by atoms with van der Waals surface area (Å²) in [6, 6.07) is 16.6. The summed E-state index contributed by atoms with van der Waals surface area (Å²) in [6.07, 6.45) is 6.97. The number of amides is 1. The van der Waals surface area contributed by atoms with Gasteiger partial charge in [-0.1, -0.05) is 42.5 Å². The summed E-state index contributed by atoms with van der Waals surface area (Å²) in [5.41, 5.74) is 7.49. The molecule has 0 unspecified atom stereocenters. The molecule has 1 aliphatic carbocycles. The Hall–Kier alpha value is -3.60. The van der Waals surface area contributed by atoms with Crippen LogP contribution in [0.25, 0.3) is 17.5 Å². The third-order valence-electron chi connectivity index (χ3n) is 6.92. The van der Waals surface area contributed by atoms with E-state index in [4.69, 9.17) is 4.98 Å². The molecule has 3 heterocycles. The lowest BCUT2D eigenvalue weighted by Crippen LogP contribution is -2.36. The van der Waals surface area contributed by atoms with Gasteiger partial charge in [-0.05, 0) is 60.6 Å². The number of pyridine rings is 2. The number of carbonyl (C=O) groups excluding carboxylic acids is 2. The Morgan fingerprint density at radius 2 is 1.79 bits per heavy atom. The second-order valence-corrected chi connectivity index (χ2v) is 9.31. The van der Waals surface area contributed by atoms with Crippen molar-refractivity contribution in [1.82, 2.24) is 14.9 Å². The minimum absolute atomic E-state index is 0.123. The van der Waals surface area contributed by atoms with Crippen molar-refractivity contribution in [3.05, 3.63) is 88.2 Å². The molecule has 1 saturated heterocycles. The van der Waals surface area contributed by atoms with Gasteiger partial charge >= 0.3 is 0 Å². The monoisotopic (exact) mass is 451 g/mol. The Morgan fingerprint density at radius 3 is 2.50 bits per heavy atom. The second kappa shape index (κ2) is 9.34. The molecule has 1 aromatic carbocycles. The molecule has 5 nitrogen and oxygen atoms in total. The third kappa shape index (κ3) is 4.56. The van der Waals surface area contributed by atoms with Crippen molar-refractivity contribution in [1.29, 1.82) is 0 Å². The molecular formula is C29H29N3O2. The van der Waals surface area contributed by atoms with Crippen molar-refractivity contribution in [2.24, 2.45) is 0 Å². The van der Waals surface area contributed by atoms with Crippen LogP contribution in [0.3, 0.4) is 0 Å². The Bertz CT molecular complexity index is 1270. The number of likely N-dealkylation sites (tertiary alicyclic amines) is 1. The lowest BCUT2D eigenvalue weighted by atomic mass is 9.88. The summed E-state index contributed by atoms with van der Waals surface area (Å²) >= 11 is 0. The number of hydrogen-bond acceptors (Lipinski definition) is 4. The van der Waals surface area contributed by atoms with Gasteiger partial charge in [0.15, 0.2) is 5.78 Å². The maximum Gasteiger partial charge on any atom is 0.219 e. The number of fused-ring (bicyclic) bond motifs is 1. The van der Waals surface area contributed by atoms with Crippen LogP contribution in [0.2, 0.25) is 0 Å². The fraction of sp³-hybridized carbons (Fsp3) is 0.310. The van der Waals surface area contributed by atoms with Gasteiger partial charge in [-0.2, -0.15) is 0 Å². The number of aryl methyl sites for hydroxylation is 1. The average Bonchev–Trinajstić information content (AvgIpc) is 2.84. The highest BCUT2D eigenvalue weighted by Crippen LogP contribution is 2.30. The van der Waals surface area contributed by atoms with Gasteiger partial charge < -0.3 is 4.90 Å². The first-order valence-electron chi connectivity index (χ1n) is 12.0. The zero-order valence-corrected chi connectivity index (χ0v) is 19.8. The van der Waals surface area contributed by atoms with E-state index in [-0.39, 0.29) is 11.7 Å². The van der Waals surface area contributed by atoms with Crippen molar-refractivity contribution in [3.63, 3.8) is 0 Å². The van der Waals surface area contributed by atoms with Gasteiger partial charge in [0.25, 0.3) is 0 Å². The molecule has 0 N–H and O–H groups in total. The Labute approximate surface area is 200 Å². The van der Waals surface area contributed by atoms with Gasteiger partial charge in [-0.15, -0.1) is 0 Å². The van der Waals surface area contributed by atoms with E-state index < -0.39 is 0 Å². The molecule has 2 aliphatic rings. The van der Waals surface area contributed by atoms with Gasteiger partial charge in [0.2, 0.25) is 5.91 Å². The zero-order chi connectivity index (χ0) is 23.7. The average molecular weight is 452 g/mol. The summed E-state index contributed by atoms with van der Waals surface area (Å²) in [4.78, 5) is 35.9. The second-order valence-electron chi connectivity index (χ2n) is 9.31. The van der Waals surface area contributed by atoms with Gasteiger partial charge in [0.05, 0.1) is 17.1 Å². The molecule has 0 atom stereocenters. The summed E-state index contributed by atoms with van der Waals surface area (Å²) in [5.74, 6) is 0.771. The Kier molecular flexibility index (Phi) is 6.10. The molecule has 5 rings (SSSR count). The molecule has 1 amide bonds. The molecule has 0 radical (unpaired) electrons. The van der Waals surface area contributed by atoms with Gasteiger partial charge in [0, 0.05) is 44.1 Å². The lowest BCUT2D eigenvalue weighted by molar-refractivity contribution is -0.129. The highest BCUT2D eigenvalue weighted by Gasteiger charge is 2.23. The molecule has 0 spiro atoms. The van der Waals surface area contributed by atoms with Crippen molar-refractivity contribution in [2.75, 3.05) is 13.1 Å². The van der Waals surface area contributed by atoms with E-state index in [9.17, 15) is 9.59 Å². The summed E-state index contributed by atoms with van der Waals surface area (Å²) in [6.45, 7) is 5.27. The highest BCUT2D eigenvalue weighted by atomic mass is 16.2. The molecule has 1 fully saturated rings. The zero-order valence-electron chi connectivity index (χ0n) is 19.8. The van der Waals surface area contributed by atoms with E-state index in [1.54, 1.807) is 6.92 Å². The SMILES string of the molecule is CC(=O)N1CCC(c2ccc(Cc3nc(-c4cccc(C)n4)cc4c3C(=O)CC=C4)cc2)CC1. The standard InChI is InChI=1S/C29H29N3O2/c1-19-5-3-7-25(30-19)26-18-24-6-4-8-28(34)29(24)27(31-26)17-21-9-11-22(12-10-21)23-13-15-32(16-14-23)20(2)33/h3-7,9-12,18,23H,8,13-17H2,1-2H3. The van der Waals surface area contributed by atoms with Crippen molar-refractivity contribution < 1.29 is 9.59 Å². The predicted molar refractivity (Wildman–Crippen MR) is 134 cm³/mol. The summed E-state index contributed by atoms with van der Waals surface area (Å²) in [5, 5.41) is 0. The quantitative estimate of drug-likeness (QED) is 0.535. The van der Waals surface area contributed by atoms with Crippen molar-refractivity contribution >= 4 is 17.8 Å². The first kappa shape index (κ1) is 22.2. The first-order valence-corrected chi connectivity index (χ1v) is 12.0. The highest BCUT2D eigenvalue weighted by molar-refractivity contribution is 6.04. The Morgan fingerprint density at radius 1 is 1.03 bits per heavy atom. The fourth-order valence-corrected chi connectivity index (χ4v) is 5.04. The van der Waals surface area contributed by atoms with Crippen LogP contribution in [0.4, 0.5) is 0 Å². The van der Waals surface area contributed by atoms with Crippen LogP contribution in [0.5, 0.6) is 0 Å². The number of Topliss-reactive ketones (excluding diaryl/α,β-unsaturated/α-hetero) is 1. The van der Waals surface area contributed by atoms with Crippen molar-refractivity contribution in [2.45, 2.75) is 45.4 Å². The normalized spacial score (nSPS) is 15.9. The largest absolute Gasteiger partial charge is 0.343 e. The molecule has 34 heavy (non-hydrogen) atoms. The van der Waals surface area contributed by atoms with Crippen LogP contribution in [0.1, 0.15) is 70.5 Å². The lowest BCUT2D eigenvalue weighted by Gasteiger charge is -2.31. The van der Waals surface area contributed by atoms with Crippen LogP contribution >= 0.6 is 0 Å². The topological polar surface area (TPSA) is 63.2 Å². The van der Waals surface area contributed by atoms with Crippen LogP contribution in [0.15, 0.2) is 54.6 Å². The minimum atomic E-state index is 0.123. The molecular weight excluding hydrogens is 422 g/mol. The smallest absolute Gasteiger partial charge is 0.219 e. The summed E-state index contributed by atoms with van der Waals surface area (Å²) < 4.78 is 0. The maximum atomic E-state index is 12.8. The molecule has 5 heteroatoms. The van der Waals surface area contributed by atoms with E-state index >= 15 is 0 Å². The minimum Gasteiger partial charge on any atom is -0.343 e. The van der Waals surface area contributed by atoms with Gasteiger partial charge in [-0.25, -0.2) is 0 Å². The molecule has 0 bridgehead atoms. The maximum absolute atomic E-state index is 12.8. The van der Waals surface area contributed by atoms with Gasteiger partial charge in [-0.3, -0.25) is 19.6 Å². The van der Waals surface area contributed by atoms with E-state index in [0.717, 1.165) is 65.4 Å². The number of rotatable bonds is 4. The number of benzene rings is 1. The number of aromatic nitrogens is 2. The van der Waals surface area contributed by atoms with Crippen molar-refractivity contribution in [3.8, 4) is 11.4 Å². The van der Waals surface area contributed by atoms with E-state index in [0.29, 0.717) is 18.8 Å². The third-order valence-corrected chi connectivity index (χ3v) is 6.92. The van der Waals surface area contributed by atoms with Gasteiger partial charge in [0.1, 0.15) is 0 Å². The van der Waals surface area contributed by atoms with Crippen LogP contribution < -0.4 is 0 Å². The molecule has 172 valence electrons. The number of ketones is 1. The fourth-order valence-electron chi connectivity index (χ4n) is 5.04. The van der Waals surface area contributed by atoms with E-state index in [1.807, 2.05) is 48.2 Å². The Balaban J connectivity index is 1.42. The number of carbonyl (C=O) groups is 2. The van der Waals surface area contributed by atoms with Crippen LogP contribution in [-0.2, 0) is 11.2 Å². The van der Waals surface area contributed by atoms with Crippen LogP contribution in [0, 0.1) is 6.92 Å². The number of nitrogens with zero attached hydrogens (tertiary/aromatic N) is 3. The number of piperidine rings is 1. The molecule has 3 aromatic rings. The van der Waals surface area contributed by atoms with E-state index in [1.165, 1.54) is 5.56 Å².